The van der Waals surface area contributed by atoms with Crippen molar-refractivity contribution in [3.05, 3.63) is 56.4 Å². The van der Waals surface area contributed by atoms with E-state index in [1.54, 1.807) is 31.6 Å². The van der Waals surface area contributed by atoms with E-state index >= 15 is 0 Å². The van der Waals surface area contributed by atoms with Crippen LogP contribution in [0.1, 0.15) is 17.2 Å². The highest BCUT2D eigenvalue weighted by atomic mass is 127. The first-order chi connectivity index (χ1) is 8.61. The maximum Gasteiger partial charge on any atom is 0.137 e. The van der Waals surface area contributed by atoms with Crippen molar-refractivity contribution >= 4 is 34.2 Å². The Hall–Kier alpha value is -0.850. The third-order valence-electron chi connectivity index (χ3n) is 2.55. The first-order valence-corrected chi connectivity index (χ1v) is 6.69. The van der Waals surface area contributed by atoms with Crippen molar-refractivity contribution in [2.45, 2.75) is 6.10 Å². The molecule has 1 atom stereocenters. The summed E-state index contributed by atoms with van der Waals surface area (Å²) in [5, 5.41) is 10.9. The van der Waals surface area contributed by atoms with Crippen LogP contribution in [-0.4, -0.2) is 17.2 Å². The Morgan fingerprint density at radius 2 is 2.06 bits per heavy atom. The third-order valence-corrected chi connectivity index (χ3v) is 4.12. The standard InChI is InChI=1S/C13H11ClINO2/c1-18-10-4-9(6-16-7-10)13(17)8-2-3-12(15)11(14)5-8/h2-7,13,17H,1H3. The molecular formula is C13H11ClINO2. The predicted octanol–water partition coefficient (Wildman–Crippen LogP) is 3.43. The zero-order chi connectivity index (χ0) is 13.1. The molecule has 0 aliphatic rings. The topological polar surface area (TPSA) is 42.4 Å². The second-order valence-corrected chi connectivity index (χ2v) is 5.30. The van der Waals surface area contributed by atoms with Gasteiger partial charge in [-0.05, 0) is 46.4 Å². The van der Waals surface area contributed by atoms with E-state index in [0.717, 1.165) is 9.13 Å². The van der Waals surface area contributed by atoms with Crippen molar-refractivity contribution in [3.63, 3.8) is 0 Å². The molecule has 94 valence electrons. The Morgan fingerprint density at radius 1 is 1.28 bits per heavy atom. The summed E-state index contributed by atoms with van der Waals surface area (Å²) in [6, 6.07) is 7.23. The molecule has 0 aliphatic carbocycles. The largest absolute Gasteiger partial charge is 0.495 e. The minimum absolute atomic E-state index is 0.614. The van der Waals surface area contributed by atoms with Gasteiger partial charge in [-0.1, -0.05) is 17.7 Å². The Bertz CT molecular complexity index is 562. The van der Waals surface area contributed by atoms with E-state index in [1.165, 1.54) is 0 Å². The van der Waals surface area contributed by atoms with Crippen LogP contribution in [0.2, 0.25) is 5.02 Å². The van der Waals surface area contributed by atoms with Gasteiger partial charge in [0.15, 0.2) is 0 Å². The molecule has 1 heterocycles. The van der Waals surface area contributed by atoms with Gasteiger partial charge in [-0.2, -0.15) is 0 Å². The monoisotopic (exact) mass is 375 g/mol. The van der Waals surface area contributed by atoms with Crippen LogP contribution in [0.3, 0.4) is 0 Å². The number of aromatic nitrogens is 1. The predicted molar refractivity (Wildman–Crippen MR) is 79.0 cm³/mol. The lowest BCUT2D eigenvalue weighted by Crippen LogP contribution is -2.01. The number of aliphatic hydroxyl groups is 1. The van der Waals surface area contributed by atoms with Crippen LogP contribution in [0.4, 0.5) is 0 Å². The molecule has 0 saturated carbocycles. The van der Waals surface area contributed by atoms with Crippen molar-refractivity contribution < 1.29 is 9.84 Å². The molecule has 0 radical (unpaired) electrons. The average Bonchev–Trinajstić information content (AvgIpc) is 2.41. The van der Waals surface area contributed by atoms with Crippen molar-refractivity contribution in [3.8, 4) is 5.75 Å². The SMILES string of the molecule is COc1cncc(C(O)c2ccc(I)c(Cl)c2)c1. The van der Waals surface area contributed by atoms with Gasteiger partial charge in [0.2, 0.25) is 0 Å². The molecule has 1 N–H and O–H groups in total. The molecule has 3 nitrogen and oxygen atoms in total. The molecule has 1 aromatic carbocycles. The van der Waals surface area contributed by atoms with E-state index in [9.17, 15) is 5.11 Å². The Morgan fingerprint density at radius 3 is 2.72 bits per heavy atom. The summed E-state index contributed by atoms with van der Waals surface area (Å²) in [7, 11) is 1.56. The van der Waals surface area contributed by atoms with Gasteiger partial charge in [0.1, 0.15) is 11.9 Å². The molecule has 0 aliphatic heterocycles. The van der Waals surface area contributed by atoms with E-state index in [4.69, 9.17) is 16.3 Å². The molecule has 2 rings (SSSR count). The summed E-state index contributed by atoms with van der Waals surface area (Å²) in [5.41, 5.74) is 1.40. The van der Waals surface area contributed by atoms with Gasteiger partial charge in [0.05, 0.1) is 18.3 Å². The molecule has 18 heavy (non-hydrogen) atoms. The summed E-state index contributed by atoms with van der Waals surface area (Å²) >= 11 is 8.19. The second kappa shape index (κ2) is 5.86. The Labute approximate surface area is 124 Å². The Kier molecular flexibility index (Phi) is 4.42. The fraction of sp³-hybridized carbons (Fsp3) is 0.154. The number of benzene rings is 1. The maximum absolute atomic E-state index is 10.3. The lowest BCUT2D eigenvalue weighted by atomic mass is 10.0. The molecule has 1 aromatic heterocycles. The Balaban J connectivity index is 2.34. The highest BCUT2D eigenvalue weighted by molar-refractivity contribution is 14.1. The highest BCUT2D eigenvalue weighted by Crippen LogP contribution is 2.28. The number of pyridine rings is 1. The zero-order valence-electron chi connectivity index (χ0n) is 9.60. The second-order valence-electron chi connectivity index (χ2n) is 3.73. The third kappa shape index (κ3) is 2.93. The summed E-state index contributed by atoms with van der Waals surface area (Å²) in [6.07, 6.45) is 2.44. The first kappa shape index (κ1) is 13.6. The number of hydrogen-bond donors (Lipinski definition) is 1. The molecule has 0 saturated heterocycles. The van der Waals surface area contributed by atoms with Crippen LogP contribution in [0.15, 0.2) is 36.7 Å². The zero-order valence-corrected chi connectivity index (χ0v) is 12.5. The number of methoxy groups -OCH3 is 1. The minimum Gasteiger partial charge on any atom is -0.495 e. The van der Waals surface area contributed by atoms with Gasteiger partial charge in [0, 0.05) is 15.3 Å². The van der Waals surface area contributed by atoms with Crippen LogP contribution in [0.5, 0.6) is 5.75 Å². The average molecular weight is 376 g/mol. The van der Waals surface area contributed by atoms with E-state index in [2.05, 4.69) is 27.6 Å². The number of ether oxygens (including phenoxy) is 1. The van der Waals surface area contributed by atoms with Gasteiger partial charge >= 0.3 is 0 Å². The van der Waals surface area contributed by atoms with Crippen LogP contribution in [-0.2, 0) is 0 Å². The molecule has 0 spiro atoms. The molecule has 2 aromatic rings. The fourth-order valence-electron chi connectivity index (χ4n) is 1.57. The smallest absolute Gasteiger partial charge is 0.137 e. The molecule has 0 fully saturated rings. The number of aliphatic hydroxyl groups excluding tert-OH is 1. The normalized spacial score (nSPS) is 12.2. The number of halogens is 2. The van der Waals surface area contributed by atoms with Gasteiger partial charge in [-0.3, -0.25) is 4.98 Å². The number of nitrogens with zero attached hydrogens (tertiary/aromatic N) is 1. The van der Waals surface area contributed by atoms with Crippen molar-refractivity contribution in [1.29, 1.82) is 0 Å². The maximum atomic E-state index is 10.3. The van der Waals surface area contributed by atoms with E-state index < -0.39 is 6.10 Å². The van der Waals surface area contributed by atoms with Crippen LogP contribution >= 0.6 is 34.2 Å². The van der Waals surface area contributed by atoms with Crippen molar-refractivity contribution in [2.24, 2.45) is 0 Å². The summed E-state index contributed by atoms with van der Waals surface area (Å²) in [6.45, 7) is 0. The minimum atomic E-state index is -0.762. The first-order valence-electron chi connectivity index (χ1n) is 5.24. The molecule has 0 amide bonds. The molecule has 1 unspecified atom stereocenters. The quantitative estimate of drug-likeness (QED) is 0.836. The highest BCUT2D eigenvalue weighted by Gasteiger charge is 2.13. The molecular weight excluding hydrogens is 365 g/mol. The summed E-state index contributed by atoms with van der Waals surface area (Å²) in [4.78, 5) is 4.02. The van der Waals surface area contributed by atoms with Crippen LogP contribution in [0.25, 0.3) is 0 Å². The van der Waals surface area contributed by atoms with Gasteiger partial charge < -0.3 is 9.84 Å². The molecule has 0 bridgehead atoms. The van der Waals surface area contributed by atoms with E-state index in [0.29, 0.717) is 16.3 Å². The van der Waals surface area contributed by atoms with E-state index in [-0.39, 0.29) is 0 Å². The van der Waals surface area contributed by atoms with Gasteiger partial charge in [-0.15, -0.1) is 0 Å². The lowest BCUT2D eigenvalue weighted by molar-refractivity contribution is 0.219. The van der Waals surface area contributed by atoms with Crippen LogP contribution in [0, 0.1) is 3.57 Å². The lowest BCUT2D eigenvalue weighted by Gasteiger charge is -2.12. The van der Waals surface area contributed by atoms with Crippen molar-refractivity contribution in [2.75, 3.05) is 7.11 Å². The van der Waals surface area contributed by atoms with Gasteiger partial charge in [0.25, 0.3) is 0 Å². The summed E-state index contributed by atoms with van der Waals surface area (Å²) in [5.74, 6) is 0.614. The van der Waals surface area contributed by atoms with E-state index in [1.807, 2.05) is 12.1 Å². The van der Waals surface area contributed by atoms with Crippen molar-refractivity contribution in [1.82, 2.24) is 4.98 Å². The van der Waals surface area contributed by atoms with Gasteiger partial charge in [-0.25, -0.2) is 0 Å². The number of rotatable bonds is 3. The fourth-order valence-corrected chi connectivity index (χ4v) is 2.10. The van der Waals surface area contributed by atoms with Crippen LogP contribution < -0.4 is 4.74 Å². The summed E-state index contributed by atoms with van der Waals surface area (Å²) < 4.78 is 6.04. The molecule has 5 heteroatoms. The number of hydrogen-bond acceptors (Lipinski definition) is 3.